The lowest BCUT2D eigenvalue weighted by molar-refractivity contribution is 0.208. The van der Waals surface area contributed by atoms with Gasteiger partial charge in [-0.1, -0.05) is 29.3 Å². The molecular formula is C21H21Cl2N5O3. The number of hydrogen-bond donors (Lipinski definition) is 1. The van der Waals surface area contributed by atoms with Crippen LogP contribution in [-0.2, 0) is 0 Å². The number of para-hydroxylation sites is 1. The molecule has 2 amide bonds. The Morgan fingerprint density at radius 1 is 1.00 bits per heavy atom. The summed E-state index contributed by atoms with van der Waals surface area (Å²) in [6.07, 6.45) is 1.53. The zero-order chi connectivity index (χ0) is 22.0. The van der Waals surface area contributed by atoms with Crippen LogP contribution in [0.4, 0.5) is 16.3 Å². The molecule has 8 nitrogen and oxygen atoms in total. The van der Waals surface area contributed by atoms with Crippen molar-refractivity contribution in [2.75, 3.05) is 50.6 Å². The number of carbonyl (C=O) groups excluding carboxylic acids is 1. The average molecular weight is 462 g/mol. The predicted molar refractivity (Wildman–Crippen MR) is 122 cm³/mol. The summed E-state index contributed by atoms with van der Waals surface area (Å²) < 4.78 is 10.8. The number of carbonyl (C=O) groups is 1. The van der Waals surface area contributed by atoms with Crippen LogP contribution in [0.5, 0.6) is 11.5 Å². The molecule has 0 saturated carbocycles. The number of amides is 2. The van der Waals surface area contributed by atoms with Crippen LogP contribution in [0.2, 0.25) is 10.0 Å². The molecule has 10 heteroatoms. The Morgan fingerprint density at radius 2 is 1.65 bits per heavy atom. The lowest BCUT2D eigenvalue weighted by Gasteiger charge is -2.35. The van der Waals surface area contributed by atoms with Crippen molar-refractivity contribution in [2.45, 2.75) is 0 Å². The second kappa shape index (κ2) is 9.03. The maximum Gasteiger partial charge on any atom is 0.322 e. The molecule has 31 heavy (non-hydrogen) atoms. The van der Waals surface area contributed by atoms with Crippen molar-refractivity contribution < 1.29 is 14.3 Å². The molecule has 2 heterocycles. The van der Waals surface area contributed by atoms with Crippen LogP contribution in [0, 0.1) is 0 Å². The van der Waals surface area contributed by atoms with Gasteiger partial charge in [-0.15, -0.1) is 0 Å². The van der Waals surface area contributed by atoms with E-state index in [2.05, 4.69) is 20.2 Å². The van der Waals surface area contributed by atoms with Crippen molar-refractivity contribution in [2.24, 2.45) is 0 Å². The first-order valence-electron chi connectivity index (χ1n) is 9.63. The van der Waals surface area contributed by atoms with Gasteiger partial charge >= 0.3 is 6.03 Å². The van der Waals surface area contributed by atoms with E-state index in [4.69, 9.17) is 32.7 Å². The lowest BCUT2D eigenvalue weighted by Crippen LogP contribution is -2.50. The monoisotopic (exact) mass is 461 g/mol. The molecule has 1 fully saturated rings. The van der Waals surface area contributed by atoms with E-state index < -0.39 is 0 Å². The number of halogens is 2. The van der Waals surface area contributed by atoms with Crippen LogP contribution in [-0.4, -0.2) is 61.3 Å². The van der Waals surface area contributed by atoms with Gasteiger partial charge < -0.3 is 24.6 Å². The van der Waals surface area contributed by atoms with Crippen molar-refractivity contribution in [3.8, 4) is 11.5 Å². The summed E-state index contributed by atoms with van der Waals surface area (Å²) in [5.74, 6) is 2.01. The number of rotatable bonds is 4. The first kappa shape index (κ1) is 21.3. The quantitative estimate of drug-likeness (QED) is 0.623. The van der Waals surface area contributed by atoms with Gasteiger partial charge in [-0.05, 0) is 18.2 Å². The number of nitrogens with zero attached hydrogens (tertiary/aromatic N) is 4. The molecule has 1 aliphatic rings. The highest BCUT2D eigenvalue weighted by atomic mass is 35.5. The molecule has 3 aromatic rings. The van der Waals surface area contributed by atoms with Crippen molar-refractivity contribution in [1.29, 1.82) is 0 Å². The minimum absolute atomic E-state index is 0.242. The zero-order valence-corrected chi connectivity index (χ0v) is 18.6. The molecule has 1 saturated heterocycles. The third-order valence-corrected chi connectivity index (χ3v) is 5.81. The molecule has 0 aliphatic carbocycles. The van der Waals surface area contributed by atoms with Gasteiger partial charge in [-0.25, -0.2) is 14.8 Å². The summed E-state index contributed by atoms with van der Waals surface area (Å²) in [7, 11) is 3.18. The largest absolute Gasteiger partial charge is 0.493 e. The van der Waals surface area contributed by atoms with E-state index in [9.17, 15) is 4.79 Å². The van der Waals surface area contributed by atoms with Crippen molar-refractivity contribution in [1.82, 2.24) is 14.9 Å². The molecule has 1 N–H and O–H groups in total. The first-order valence-corrected chi connectivity index (χ1v) is 10.4. The SMILES string of the molecule is COc1cc2ncnc(N3CCN(C(=O)Nc4c(Cl)cccc4Cl)CC3)c2cc1OC. The normalized spacial score (nSPS) is 13.9. The average Bonchev–Trinajstić information content (AvgIpc) is 2.80. The minimum atomic E-state index is -0.242. The predicted octanol–water partition coefficient (Wildman–Crippen LogP) is 4.31. The summed E-state index contributed by atoms with van der Waals surface area (Å²) in [6.45, 7) is 2.27. The highest BCUT2D eigenvalue weighted by Crippen LogP contribution is 2.35. The van der Waals surface area contributed by atoms with Crippen LogP contribution in [0.1, 0.15) is 0 Å². The Hall–Kier alpha value is -2.97. The first-order chi connectivity index (χ1) is 15.0. The van der Waals surface area contributed by atoms with Crippen molar-refractivity contribution in [3.63, 3.8) is 0 Å². The topological polar surface area (TPSA) is 79.8 Å². The van der Waals surface area contributed by atoms with Gasteiger partial charge in [-0.3, -0.25) is 0 Å². The van der Waals surface area contributed by atoms with Crippen LogP contribution < -0.4 is 19.7 Å². The van der Waals surface area contributed by atoms with Crippen molar-refractivity contribution >= 4 is 51.6 Å². The van der Waals surface area contributed by atoms with Crippen molar-refractivity contribution in [3.05, 3.63) is 46.7 Å². The molecule has 0 unspecified atom stereocenters. The van der Waals surface area contributed by atoms with E-state index in [1.54, 1.807) is 37.3 Å². The van der Waals surface area contributed by atoms with E-state index in [1.807, 2.05) is 12.1 Å². The zero-order valence-electron chi connectivity index (χ0n) is 17.1. The fraction of sp³-hybridized carbons (Fsp3) is 0.286. The summed E-state index contributed by atoms with van der Waals surface area (Å²) in [5, 5.41) is 4.47. The third kappa shape index (κ3) is 4.26. The number of aromatic nitrogens is 2. The van der Waals surface area contributed by atoms with E-state index in [1.165, 1.54) is 6.33 Å². The lowest BCUT2D eigenvalue weighted by atomic mass is 10.2. The fourth-order valence-corrected chi connectivity index (χ4v) is 4.04. The standard InChI is InChI=1S/C21H21Cl2N5O3/c1-30-17-10-13-16(11-18(17)31-2)24-12-25-20(13)27-6-8-28(9-7-27)21(29)26-19-14(22)4-3-5-15(19)23/h3-5,10-12H,6-9H2,1-2H3,(H,26,29). The van der Waals surface area contributed by atoms with Gasteiger partial charge in [0.25, 0.3) is 0 Å². The Kier molecular flexibility index (Phi) is 6.20. The van der Waals surface area contributed by atoms with Crippen LogP contribution in [0.3, 0.4) is 0 Å². The fourth-order valence-electron chi connectivity index (χ4n) is 3.55. The highest BCUT2D eigenvalue weighted by Gasteiger charge is 2.24. The number of benzene rings is 2. The number of ether oxygens (including phenoxy) is 2. The number of methoxy groups -OCH3 is 2. The summed E-state index contributed by atoms with van der Waals surface area (Å²) in [6, 6.07) is 8.57. The third-order valence-electron chi connectivity index (χ3n) is 5.18. The Bertz CT molecular complexity index is 1100. The highest BCUT2D eigenvalue weighted by molar-refractivity contribution is 6.39. The minimum Gasteiger partial charge on any atom is -0.493 e. The van der Waals surface area contributed by atoms with Crippen LogP contribution in [0.25, 0.3) is 10.9 Å². The van der Waals surface area contributed by atoms with Gasteiger partial charge in [0.2, 0.25) is 0 Å². The number of piperazine rings is 1. The molecule has 2 aromatic carbocycles. The maximum atomic E-state index is 12.7. The molecule has 4 rings (SSSR count). The molecule has 162 valence electrons. The van der Waals surface area contributed by atoms with E-state index in [0.29, 0.717) is 53.4 Å². The molecule has 0 spiro atoms. The van der Waals surface area contributed by atoms with Gasteiger partial charge in [0.05, 0.1) is 35.5 Å². The van der Waals surface area contributed by atoms with E-state index >= 15 is 0 Å². The summed E-state index contributed by atoms with van der Waals surface area (Å²) >= 11 is 12.3. The van der Waals surface area contributed by atoms with Crippen LogP contribution >= 0.6 is 23.2 Å². The summed E-state index contributed by atoms with van der Waals surface area (Å²) in [5.41, 5.74) is 1.18. The molecule has 0 atom stereocenters. The van der Waals surface area contributed by atoms with E-state index in [0.717, 1.165) is 16.7 Å². The second-order valence-electron chi connectivity index (χ2n) is 6.92. The molecule has 1 aliphatic heterocycles. The molecule has 0 bridgehead atoms. The van der Waals surface area contributed by atoms with E-state index in [-0.39, 0.29) is 6.03 Å². The van der Waals surface area contributed by atoms with Crippen LogP contribution in [0.15, 0.2) is 36.7 Å². The number of anilines is 2. The second-order valence-corrected chi connectivity index (χ2v) is 7.74. The number of hydrogen-bond acceptors (Lipinski definition) is 6. The van der Waals surface area contributed by atoms with Gasteiger partial charge in [0, 0.05) is 37.6 Å². The maximum absolute atomic E-state index is 12.7. The molecule has 1 aromatic heterocycles. The number of fused-ring (bicyclic) bond motifs is 1. The smallest absolute Gasteiger partial charge is 0.322 e. The Balaban J connectivity index is 1.50. The Morgan fingerprint density at radius 3 is 2.29 bits per heavy atom. The number of nitrogens with one attached hydrogen (secondary N) is 1. The number of urea groups is 1. The molecule has 0 radical (unpaired) electrons. The van der Waals surface area contributed by atoms with Gasteiger partial charge in [0.1, 0.15) is 12.1 Å². The van der Waals surface area contributed by atoms with Gasteiger partial charge in [-0.2, -0.15) is 0 Å². The Labute approximate surface area is 189 Å². The summed E-state index contributed by atoms with van der Waals surface area (Å²) in [4.78, 5) is 25.4. The van der Waals surface area contributed by atoms with Gasteiger partial charge in [0.15, 0.2) is 11.5 Å². The molecular weight excluding hydrogens is 441 g/mol.